The number of hydrogen-bond donors (Lipinski definition) is 1. The molecule has 0 aliphatic carbocycles. The number of nitrogens with zero attached hydrogens (tertiary/aromatic N) is 2. The lowest BCUT2D eigenvalue weighted by atomic mass is 10.2. The first-order valence-electron chi connectivity index (χ1n) is 6.00. The molecule has 1 heterocycles. The minimum atomic E-state index is -0.162. The van der Waals surface area contributed by atoms with Crippen LogP contribution in [0.3, 0.4) is 0 Å². The third kappa shape index (κ3) is 3.82. The average Bonchev–Trinajstić information content (AvgIpc) is 2.42. The van der Waals surface area contributed by atoms with Gasteiger partial charge in [-0.3, -0.25) is 4.79 Å². The Bertz CT molecular complexity index is 511. The molecule has 0 saturated carbocycles. The minimum absolute atomic E-state index is 0.0926. The second-order valence-electron chi connectivity index (χ2n) is 3.89. The monoisotopic (exact) mass is 277 g/mol. The topological polar surface area (TPSA) is 63.1 Å². The van der Waals surface area contributed by atoms with E-state index in [4.69, 9.17) is 4.74 Å². The van der Waals surface area contributed by atoms with Crippen LogP contribution < -0.4 is 10.2 Å². The van der Waals surface area contributed by atoms with E-state index >= 15 is 0 Å². The van der Waals surface area contributed by atoms with Gasteiger partial charge in [0.1, 0.15) is 5.75 Å². The van der Waals surface area contributed by atoms with E-state index in [0.29, 0.717) is 11.8 Å². The molecule has 0 saturated heterocycles. The summed E-state index contributed by atoms with van der Waals surface area (Å²) in [5.41, 5.74) is 3.39. The van der Waals surface area contributed by atoms with Crippen molar-refractivity contribution in [2.45, 2.75) is 19.1 Å². The summed E-state index contributed by atoms with van der Waals surface area (Å²) >= 11 is 1.34. The molecular weight excluding hydrogens is 262 g/mol. The highest BCUT2D eigenvalue weighted by Gasteiger charge is 2.20. The first kappa shape index (κ1) is 13.6. The second-order valence-corrected chi connectivity index (χ2v) is 5.20. The number of amides is 1. The molecule has 5 nitrogen and oxygen atoms in total. The van der Waals surface area contributed by atoms with E-state index < -0.39 is 0 Å². The van der Waals surface area contributed by atoms with Crippen LogP contribution in [0.15, 0.2) is 34.4 Å². The van der Waals surface area contributed by atoms with E-state index in [1.54, 1.807) is 6.21 Å². The summed E-state index contributed by atoms with van der Waals surface area (Å²) < 4.78 is 5.36. The molecular formula is C13H15N3O2S. The molecule has 1 amide bonds. The zero-order chi connectivity index (χ0) is 13.7. The quantitative estimate of drug-likeness (QED) is 0.860. The van der Waals surface area contributed by atoms with E-state index in [1.807, 2.05) is 38.1 Å². The van der Waals surface area contributed by atoms with Gasteiger partial charge in [0, 0.05) is 6.21 Å². The van der Waals surface area contributed by atoms with Crippen LogP contribution in [0.2, 0.25) is 0 Å². The van der Waals surface area contributed by atoms with Gasteiger partial charge in [0.2, 0.25) is 5.17 Å². The number of benzene rings is 1. The molecule has 1 N–H and O–H groups in total. The fraction of sp³-hybridized carbons (Fsp3) is 0.308. The van der Waals surface area contributed by atoms with Crippen LogP contribution in [0.25, 0.3) is 0 Å². The first-order valence-corrected chi connectivity index (χ1v) is 6.88. The van der Waals surface area contributed by atoms with Gasteiger partial charge in [0.15, 0.2) is 0 Å². The molecule has 19 heavy (non-hydrogen) atoms. The molecule has 0 unspecified atom stereocenters. The summed E-state index contributed by atoms with van der Waals surface area (Å²) in [4.78, 5) is 15.5. The summed E-state index contributed by atoms with van der Waals surface area (Å²) in [6, 6.07) is 7.63. The average molecular weight is 277 g/mol. The van der Waals surface area contributed by atoms with Crippen LogP contribution in [0.5, 0.6) is 5.75 Å². The number of thioether (sulfide) groups is 1. The van der Waals surface area contributed by atoms with Gasteiger partial charge in [0.05, 0.1) is 11.9 Å². The molecule has 2 rings (SSSR count). The summed E-state index contributed by atoms with van der Waals surface area (Å²) in [6.07, 6.45) is 1.71. The van der Waals surface area contributed by atoms with Crippen LogP contribution in [-0.4, -0.2) is 29.1 Å². The minimum Gasteiger partial charge on any atom is -0.494 e. The van der Waals surface area contributed by atoms with Crippen molar-refractivity contribution < 1.29 is 9.53 Å². The van der Waals surface area contributed by atoms with Crippen molar-refractivity contribution >= 4 is 29.1 Å². The van der Waals surface area contributed by atoms with E-state index in [0.717, 1.165) is 11.3 Å². The van der Waals surface area contributed by atoms with Crippen molar-refractivity contribution in [2.24, 2.45) is 10.1 Å². The number of hydrogen-bond acceptors (Lipinski definition) is 5. The Hall–Kier alpha value is -1.82. The number of hydrazone groups is 1. The van der Waals surface area contributed by atoms with E-state index in [9.17, 15) is 4.79 Å². The van der Waals surface area contributed by atoms with Crippen molar-refractivity contribution in [2.75, 3.05) is 6.61 Å². The molecule has 1 aliphatic rings. The molecule has 1 aromatic carbocycles. The molecule has 0 fully saturated rings. The maximum absolute atomic E-state index is 11.2. The predicted molar refractivity (Wildman–Crippen MR) is 77.8 cm³/mol. The van der Waals surface area contributed by atoms with Crippen molar-refractivity contribution in [1.82, 2.24) is 5.43 Å². The number of ether oxygens (including phenoxy) is 1. The normalized spacial score (nSPS) is 19.2. The standard InChI is InChI=1S/C13H15N3O2S/c1-3-18-11-6-4-10(5-7-11)8-14-13-16-15-12(17)9(2)19-13/h4-9H,3H2,1-2H3,(H,15,17)/t9-/m1/s1. The smallest absolute Gasteiger partial charge is 0.253 e. The van der Waals surface area contributed by atoms with Crippen LogP contribution in [0.4, 0.5) is 0 Å². The Kier molecular flexibility index (Phi) is 4.57. The molecule has 1 aromatic rings. The van der Waals surface area contributed by atoms with Crippen LogP contribution in [0, 0.1) is 0 Å². The summed E-state index contributed by atoms with van der Waals surface area (Å²) in [5, 5.41) is 4.27. The number of aliphatic imine (C=N–C) groups is 1. The maximum Gasteiger partial charge on any atom is 0.253 e. The molecule has 1 aliphatic heterocycles. The SMILES string of the molecule is CCOc1ccc(C=NC2=NNC(=O)[C@@H](C)S2)cc1. The Balaban J connectivity index is 2.00. The fourth-order valence-electron chi connectivity index (χ4n) is 1.44. The van der Waals surface area contributed by atoms with E-state index in [1.165, 1.54) is 11.8 Å². The first-order chi connectivity index (χ1) is 9.19. The van der Waals surface area contributed by atoms with Crippen molar-refractivity contribution in [3.8, 4) is 5.75 Å². The Morgan fingerprint density at radius 1 is 1.47 bits per heavy atom. The third-order valence-electron chi connectivity index (χ3n) is 2.43. The third-order valence-corrected chi connectivity index (χ3v) is 3.40. The lowest BCUT2D eigenvalue weighted by Gasteiger charge is -2.13. The molecule has 100 valence electrons. The summed E-state index contributed by atoms with van der Waals surface area (Å²) in [5.74, 6) is 0.745. The van der Waals surface area contributed by atoms with Gasteiger partial charge in [-0.1, -0.05) is 11.8 Å². The Morgan fingerprint density at radius 2 is 2.21 bits per heavy atom. The number of nitrogens with one attached hydrogen (secondary N) is 1. The molecule has 0 aromatic heterocycles. The molecule has 0 spiro atoms. The van der Waals surface area contributed by atoms with Crippen molar-refractivity contribution in [1.29, 1.82) is 0 Å². The number of amidine groups is 1. The number of carbonyl (C=O) groups excluding carboxylic acids is 1. The molecule has 1 atom stereocenters. The zero-order valence-electron chi connectivity index (χ0n) is 10.8. The predicted octanol–water partition coefficient (Wildman–Crippen LogP) is 2.03. The van der Waals surface area contributed by atoms with Gasteiger partial charge in [0.25, 0.3) is 5.91 Å². The zero-order valence-corrected chi connectivity index (χ0v) is 11.6. The Morgan fingerprint density at radius 3 is 2.84 bits per heavy atom. The lowest BCUT2D eigenvalue weighted by molar-refractivity contribution is -0.120. The number of rotatable bonds is 3. The largest absolute Gasteiger partial charge is 0.494 e. The lowest BCUT2D eigenvalue weighted by Crippen LogP contribution is -2.32. The van der Waals surface area contributed by atoms with Crippen LogP contribution in [0.1, 0.15) is 19.4 Å². The van der Waals surface area contributed by atoms with Crippen molar-refractivity contribution in [3.05, 3.63) is 29.8 Å². The highest BCUT2D eigenvalue weighted by atomic mass is 32.2. The number of carbonyl (C=O) groups is 1. The summed E-state index contributed by atoms with van der Waals surface area (Å²) in [7, 11) is 0. The van der Waals surface area contributed by atoms with Gasteiger partial charge in [-0.15, -0.1) is 5.10 Å². The fourth-order valence-corrected chi connectivity index (χ4v) is 2.13. The summed E-state index contributed by atoms with van der Waals surface area (Å²) in [6.45, 7) is 4.42. The molecule has 0 bridgehead atoms. The highest BCUT2D eigenvalue weighted by Crippen LogP contribution is 2.17. The Labute approximate surface area is 116 Å². The maximum atomic E-state index is 11.2. The molecule has 0 radical (unpaired) electrons. The highest BCUT2D eigenvalue weighted by molar-refractivity contribution is 8.15. The van der Waals surface area contributed by atoms with E-state index in [-0.39, 0.29) is 11.2 Å². The second kappa shape index (κ2) is 6.38. The van der Waals surface area contributed by atoms with E-state index in [2.05, 4.69) is 15.5 Å². The van der Waals surface area contributed by atoms with Crippen LogP contribution >= 0.6 is 11.8 Å². The van der Waals surface area contributed by atoms with Crippen molar-refractivity contribution in [3.63, 3.8) is 0 Å². The van der Waals surface area contributed by atoms with Gasteiger partial charge in [-0.05, 0) is 43.7 Å². The van der Waals surface area contributed by atoms with Crippen LogP contribution in [-0.2, 0) is 4.79 Å². The van der Waals surface area contributed by atoms with Gasteiger partial charge >= 0.3 is 0 Å². The van der Waals surface area contributed by atoms with Gasteiger partial charge in [-0.2, -0.15) is 0 Å². The van der Waals surface area contributed by atoms with Gasteiger partial charge in [-0.25, -0.2) is 10.4 Å². The molecule has 6 heteroatoms. The van der Waals surface area contributed by atoms with Gasteiger partial charge < -0.3 is 4.74 Å².